The topological polar surface area (TPSA) is 73.5 Å². The molecule has 0 saturated carbocycles. The van der Waals surface area contributed by atoms with Crippen molar-refractivity contribution in [1.29, 1.82) is 0 Å². The van der Waals surface area contributed by atoms with E-state index in [1.165, 1.54) is 4.90 Å². The Hall–Kier alpha value is -2.11. The van der Waals surface area contributed by atoms with Gasteiger partial charge in [0.05, 0.1) is 0 Å². The fraction of sp³-hybridized carbons (Fsp3) is 0.588. The van der Waals surface area contributed by atoms with Crippen molar-refractivity contribution in [3.63, 3.8) is 0 Å². The van der Waals surface area contributed by atoms with Crippen LogP contribution in [0.4, 0.5) is 0 Å². The van der Waals surface area contributed by atoms with Crippen molar-refractivity contribution < 1.29 is 14.4 Å². The van der Waals surface area contributed by atoms with Crippen LogP contribution < -0.4 is 0 Å². The van der Waals surface area contributed by atoms with Gasteiger partial charge in [0, 0.05) is 38.3 Å². The van der Waals surface area contributed by atoms with Crippen molar-refractivity contribution >= 4 is 17.6 Å². The number of nitrogens with one attached hydrogen (secondary N) is 1. The average molecular weight is 317 g/mol. The quantitative estimate of drug-likeness (QED) is 0.899. The molecule has 3 rings (SSSR count). The molecule has 1 aromatic rings. The second kappa shape index (κ2) is 5.83. The Labute approximate surface area is 135 Å². The van der Waals surface area contributed by atoms with Gasteiger partial charge in [0.1, 0.15) is 11.7 Å². The van der Waals surface area contributed by atoms with E-state index in [-0.39, 0.29) is 17.6 Å². The minimum Gasteiger partial charge on any atom is -0.354 e. The SMILES string of the molecule is Cc1c(C(=O)N2CCCC2C(=O)N(C)C)[nH]c2c1C(=O)CCC2. The van der Waals surface area contributed by atoms with E-state index in [0.717, 1.165) is 30.5 Å². The van der Waals surface area contributed by atoms with Crippen LogP contribution in [-0.2, 0) is 11.2 Å². The number of carbonyl (C=O) groups is 3. The fourth-order valence-electron chi connectivity index (χ4n) is 3.70. The molecule has 1 saturated heterocycles. The highest BCUT2D eigenvalue weighted by Gasteiger charge is 2.37. The molecule has 6 nitrogen and oxygen atoms in total. The highest BCUT2D eigenvalue weighted by molar-refractivity contribution is 6.05. The van der Waals surface area contributed by atoms with Crippen LogP contribution in [0.1, 0.15) is 57.8 Å². The molecule has 6 heteroatoms. The molecule has 1 atom stereocenters. The molecule has 1 unspecified atom stereocenters. The molecule has 1 fully saturated rings. The number of rotatable bonds is 2. The van der Waals surface area contributed by atoms with E-state index in [2.05, 4.69) is 4.98 Å². The van der Waals surface area contributed by atoms with Crippen molar-refractivity contribution in [1.82, 2.24) is 14.8 Å². The summed E-state index contributed by atoms with van der Waals surface area (Å²) in [5.74, 6) is -0.0929. The molecule has 0 bridgehead atoms. The molecule has 2 aliphatic rings. The lowest BCUT2D eigenvalue weighted by molar-refractivity contribution is -0.132. The summed E-state index contributed by atoms with van der Waals surface area (Å²) in [4.78, 5) is 43.7. The van der Waals surface area contributed by atoms with Crippen LogP contribution in [-0.4, -0.2) is 59.1 Å². The van der Waals surface area contributed by atoms with E-state index in [4.69, 9.17) is 0 Å². The second-order valence-corrected chi connectivity index (χ2v) is 6.64. The fourth-order valence-corrected chi connectivity index (χ4v) is 3.70. The predicted octanol–water partition coefficient (Wildman–Crippen LogP) is 1.53. The monoisotopic (exact) mass is 317 g/mol. The third-order valence-corrected chi connectivity index (χ3v) is 4.89. The Morgan fingerprint density at radius 2 is 1.96 bits per heavy atom. The number of aryl methyl sites for hydroxylation is 1. The van der Waals surface area contributed by atoms with Crippen molar-refractivity contribution in [2.24, 2.45) is 0 Å². The summed E-state index contributed by atoms with van der Waals surface area (Å²) in [5, 5.41) is 0. The minimum absolute atomic E-state index is 0.0408. The highest BCUT2D eigenvalue weighted by Crippen LogP contribution is 2.29. The summed E-state index contributed by atoms with van der Waals surface area (Å²) < 4.78 is 0. The van der Waals surface area contributed by atoms with Gasteiger partial charge < -0.3 is 14.8 Å². The molecule has 1 aliphatic heterocycles. The van der Waals surface area contributed by atoms with Crippen LogP contribution in [0.5, 0.6) is 0 Å². The Morgan fingerprint density at radius 1 is 1.22 bits per heavy atom. The molecule has 1 aromatic heterocycles. The van der Waals surface area contributed by atoms with E-state index < -0.39 is 6.04 Å². The average Bonchev–Trinajstić information content (AvgIpc) is 3.11. The Bertz CT molecular complexity index is 675. The minimum atomic E-state index is -0.395. The highest BCUT2D eigenvalue weighted by atomic mass is 16.2. The molecule has 0 aromatic carbocycles. The largest absolute Gasteiger partial charge is 0.354 e. The number of likely N-dealkylation sites (tertiary alicyclic amines) is 1. The number of ketones is 1. The lowest BCUT2D eigenvalue weighted by Gasteiger charge is -2.26. The molecule has 23 heavy (non-hydrogen) atoms. The molecule has 124 valence electrons. The summed E-state index contributed by atoms with van der Waals surface area (Å²) >= 11 is 0. The Morgan fingerprint density at radius 3 is 2.61 bits per heavy atom. The summed E-state index contributed by atoms with van der Waals surface area (Å²) in [7, 11) is 3.42. The molecule has 1 N–H and O–H groups in total. The zero-order valence-electron chi connectivity index (χ0n) is 13.9. The third-order valence-electron chi connectivity index (χ3n) is 4.89. The van der Waals surface area contributed by atoms with Gasteiger partial charge in [0.2, 0.25) is 5.91 Å². The summed E-state index contributed by atoms with van der Waals surface area (Å²) in [6.07, 6.45) is 3.69. The third kappa shape index (κ3) is 2.56. The van der Waals surface area contributed by atoms with E-state index >= 15 is 0 Å². The number of aromatic nitrogens is 1. The maximum absolute atomic E-state index is 12.9. The van der Waals surface area contributed by atoms with Gasteiger partial charge in [-0.25, -0.2) is 0 Å². The van der Waals surface area contributed by atoms with Crippen LogP contribution in [0.15, 0.2) is 0 Å². The first-order valence-electron chi connectivity index (χ1n) is 8.18. The summed E-state index contributed by atoms with van der Waals surface area (Å²) in [6.45, 7) is 2.41. The number of likely N-dealkylation sites (N-methyl/N-ethyl adjacent to an activating group) is 1. The number of Topliss-reactive ketones (excluding diaryl/α,β-unsaturated/α-hetero) is 1. The smallest absolute Gasteiger partial charge is 0.271 e. The van der Waals surface area contributed by atoms with Gasteiger partial charge in [-0.1, -0.05) is 0 Å². The summed E-state index contributed by atoms with van der Waals surface area (Å²) in [5.41, 5.74) is 2.77. The van der Waals surface area contributed by atoms with Gasteiger partial charge in [0.15, 0.2) is 5.78 Å². The van der Waals surface area contributed by atoms with Crippen molar-refractivity contribution in [2.75, 3.05) is 20.6 Å². The van der Waals surface area contributed by atoms with Gasteiger partial charge in [-0.15, -0.1) is 0 Å². The number of carbonyl (C=O) groups excluding carboxylic acids is 3. The molecular weight excluding hydrogens is 294 g/mol. The first kappa shape index (κ1) is 15.8. The molecule has 1 aliphatic carbocycles. The van der Waals surface area contributed by atoms with Gasteiger partial charge in [-0.2, -0.15) is 0 Å². The van der Waals surface area contributed by atoms with Gasteiger partial charge in [-0.05, 0) is 38.2 Å². The first-order chi connectivity index (χ1) is 10.9. The molecule has 0 spiro atoms. The molecule has 2 heterocycles. The number of amides is 2. The van der Waals surface area contributed by atoms with Gasteiger partial charge >= 0.3 is 0 Å². The molecule has 0 radical (unpaired) electrons. The van der Waals surface area contributed by atoms with Crippen molar-refractivity contribution in [2.45, 2.75) is 45.1 Å². The van der Waals surface area contributed by atoms with Crippen LogP contribution in [0, 0.1) is 6.92 Å². The second-order valence-electron chi connectivity index (χ2n) is 6.64. The number of aromatic amines is 1. The number of hydrogen-bond donors (Lipinski definition) is 1. The normalized spacial score (nSPS) is 20.6. The van der Waals surface area contributed by atoms with Crippen LogP contribution in [0.25, 0.3) is 0 Å². The molecule has 2 amide bonds. The first-order valence-corrected chi connectivity index (χ1v) is 8.18. The number of fused-ring (bicyclic) bond motifs is 1. The lowest BCUT2D eigenvalue weighted by atomic mass is 9.93. The van der Waals surface area contributed by atoms with E-state index in [0.29, 0.717) is 30.6 Å². The van der Waals surface area contributed by atoms with Crippen LogP contribution in [0.2, 0.25) is 0 Å². The zero-order valence-corrected chi connectivity index (χ0v) is 13.9. The van der Waals surface area contributed by atoms with E-state index in [1.807, 2.05) is 6.92 Å². The van der Waals surface area contributed by atoms with E-state index in [1.54, 1.807) is 19.0 Å². The predicted molar refractivity (Wildman–Crippen MR) is 85.6 cm³/mol. The number of H-pyrrole nitrogens is 1. The van der Waals surface area contributed by atoms with E-state index in [9.17, 15) is 14.4 Å². The number of nitrogens with zero attached hydrogens (tertiary/aromatic N) is 2. The maximum Gasteiger partial charge on any atom is 0.271 e. The number of hydrogen-bond acceptors (Lipinski definition) is 3. The standard InChI is InChI=1S/C17H23N3O3/c1-10-14-11(6-4-8-13(14)21)18-15(10)17(23)20-9-5-7-12(20)16(22)19(2)3/h12,18H,4-9H2,1-3H3. The van der Waals surface area contributed by atoms with Gasteiger partial charge in [0.25, 0.3) is 5.91 Å². The Balaban J connectivity index is 1.92. The zero-order chi connectivity index (χ0) is 16.7. The van der Waals surface area contributed by atoms with Crippen molar-refractivity contribution in [3.8, 4) is 0 Å². The molecular formula is C17H23N3O3. The van der Waals surface area contributed by atoms with Crippen LogP contribution >= 0.6 is 0 Å². The maximum atomic E-state index is 12.9. The summed E-state index contributed by atoms with van der Waals surface area (Å²) in [6, 6.07) is -0.395. The lowest BCUT2D eigenvalue weighted by Crippen LogP contribution is -2.45. The van der Waals surface area contributed by atoms with Crippen molar-refractivity contribution in [3.05, 3.63) is 22.5 Å². The Kier molecular flexibility index (Phi) is 4.00. The van der Waals surface area contributed by atoms with Crippen LogP contribution in [0.3, 0.4) is 0 Å². The van der Waals surface area contributed by atoms with Gasteiger partial charge in [-0.3, -0.25) is 14.4 Å².